The number of rotatable bonds is 1. The minimum atomic E-state index is -0.182. The van der Waals surface area contributed by atoms with Crippen LogP contribution in [0.15, 0.2) is 64.8 Å². The van der Waals surface area contributed by atoms with E-state index in [9.17, 15) is 4.79 Å². The molecule has 0 spiro atoms. The maximum absolute atomic E-state index is 13.5. The first-order valence-electron chi connectivity index (χ1n) is 8.31. The van der Waals surface area contributed by atoms with E-state index in [1.165, 1.54) is 20.5 Å². The van der Waals surface area contributed by atoms with Gasteiger partial charge in [0.25, 0.3) is 5.56 Å². The summed E-state index contributed by atoms with van der Waals surface area (Å²) >= 11 is 1.47. The molecular formula is C19H10N6OS. The first-order valence-corrected chi connectivity index (χ1v) is 9.19. The maximum atomic E-state index is 13.5. The third-order valence-corrected chi connectivity index (χ3v) is 5.59. The van der Waals surface area contributed by atoms with Gasteiger partial charge < -0.3 is 0 Å². The third kappa shape index (κ3) is 1.87. The monoisotopic (exact) mass is 370 g/mol. The molecule has 0 N–H and O–H groups in total. The average molecular weight is 370 g/mol. The van der Waals surface area contributed by atoms with Gasteiger partial charge in [-0.2, -0.15) is 4.52 Å². The molecule has 0 unspecified atom stereocenters. The molecule has 0 radical (unpaired) electrons. The molecule has 8 heteroatoms. The van der Waals surface area contributed by atoms with Gasteiger partial charge in [-0.3, -0.25) is 4.79 Å². The second kappa shape index (κ2) is 5.18. The van der Waals surface area contributed by atoms with Gasteiger partial charge in [-0.15, -0.1) is 21.1 Å². The van der Waals surface area contributed by atoms with Gasteiger partial charge in [-0.1, -0.05) is 54.6 Å². The number of hydrogen-bond acceptors (Lipinski definition) is 6. The van der Waals surface area contributed by atoms with Gasteiger partial charge >= 0.3 is 0 Å². The Morgan fingerprint density at radius 1 is 0.889 bits per heavy atom. The zero-order valence-corrected chi connectivity index (χ0v) is 14.6. The molecule has 27 heavy (non-hydrogen) atoms. The molecule has 0 aliphatic carbocycles. The molecule has 6 aromatic rings. The molecule has 0 aliphatic rings. The van der Waals surface area contributed by atoms with Crippen molar-refractivity contribution in [1.29, 1.82) is 0 Å². The van der Waals surface area contributed by atoms with Crippen molar-refractivity contribution in [3.8, 4) is 11.1 Å². The predicted octanol–water partition coefficient (Wildman–Crippen LogP) is 3.17. The highest BCUT2D eigenvalue weighted by atomic mass is 32.1. The second-order valence-electron chi connectivity index (χ2n) is 6.19. The maximum Gasteiger partial charge on any atom is 0.283 e. The Labute approximate surface area is 155 Å². The molecule has 4 aromatic heterocycles. The van der Waals surface area contributed by atoms with Gasteiger partial charge in [-0.25, -0.2) is 4.98 Å². The van der Waals surface area contributed by atoms with E-state index in [2.05, 4.69) is 15.5 Å². The van der Waals surface area contributed by atoms with E-state index >= 15 is 0 Å². The molecule has 6 rings (SSSR count). The van der Waals surface area contributed by atoms with E-state index in [1.54, 1.807) is 0 Å². The van der Waals surface area contributed by atoms with Gasteiger partial charge in [0.05, 0.1) is 5.39 Å². The molecule has 0 bridgehead atoms. The lowest BCUT2D eigenvalue weighted by Gasteiger charge is -2.07. The molecule has 0 atom stereocenters. The zero-order valence-electron chi connectivity index (χ0n) is 13.8. The van der Waals surface area contributed by atoms with Crippen molar-refractivity contribution >= 4 is 43.6 Å². The van der Waals surface area contributed by atoms with Crippen LogP contribution >= 0.6 is 11.3 Å². The quantitative estimate of drug-likeness (QED) is 0.416. The Morgan fingerprint density at radius 2 is 1.63 bits per heavy atom. The van der Waals surface area contributed by atoms with Crippen molar-refractivity contribution in [2.45, 2.75) is 0 Å². The van der Waals surface area contributed by atoms with Crippen LogP contribution in [0.2, 0.25) is 0 Å². The fraction of sp³-hybridized carbons (Fsp3) is 0. The number of fused-ring (bicyclic) bond motifs is 7. The Morgan fingerprint density at radius 3 is 2.44 bits per heavy atom. The lowest BCUT2D eigenvalue weighted by atomic mass is 10.1. The van der Waals surface area contributed by atoms with Crippen LogP contribution in [0.25, 0.3) is 43.4 Å². The smallest absolute Gasteiger partial charge is 0.267 e. The molecule has 0 aliphatic heterocycles. The largest absolute Gasteiger partial charge is 0.283 e. The number of benzene rings is 2. The van der Waals surface area contributed by atoms with Crippen LogP contribution in [0.1, 0.15) is 0 Å². The molecule has 0 amide bonds. The molecule has 128 valence electrons. The number of nitrogens with zero attached hydrogens (tertiary/aromatic N) is 6. The van der Waals surface area contributed by atoms with E-state index in [0.717, 1.165) is 21.9 Å². The number of hydrogen-bond donors (Lipinski definition) is 0. The summed E-state index contributed by atoms with van der Waals surface area (Å²) in [5, 5.41) is 16.2. The summed E-state index contributed by atoms with van der Waals surface area (Å²) in [6.07, 6.45) is 0. The standard InChI is InChI=1S/C19H10N6OS/c26-19-15-14(11-6-2-1-3-7-11)10-27-18(15)20-16-12-8-4-5-9-13(12)17-21-22-23-25(17)24(16)19/h1-10H. The number of tetrazole rings is 1. The van der Waals surface area contributed by atoms with Crippen LogP contribution in [0.4, 0.5) is 0 Å². The normalized spacial score (nSPS) is 11.9. The fourth-order valence-corrected chi connectivity index (χ4v) is 4.45. The Hall–Kier alpha value is -3.65. The van der Waals surface area contributed by atoms with Crippen molar-refractivity contribution in [2.24, 2.45) is 0 Å². The van der Waals surface area contributed by atoms with Crippen molar-refractivity contribution in [1.82, 2.24) is 29.7 Å². The molecule has 4 heterocycles. The number of thiophene rings is 1. The van der Waals surface area contributed by atoms with Crippen molar-refractivity contribution < 1.29 is 0 Å². The summed E-state index contributed by atoms with van der Waals surface area (Å²) in [6.45, 7) is 0. The molecule has 2 aromatic carbocycles. The molecular weight excluding hydrogens is 360 g/mol. The molecule has 0 saturated heterocycles. The average Bonchev–Trinajstić information content (AvgIpc) is 3.36. The van der Waals surface area contributed by atoms with Crippen molar-refractivity contribution in [3.05, 3.63) is 70.3 Å². The van der Waals surface area contributed by atoms with E-state index in [0.29, 0.717) is 21.5 Å². The summed E-state index contributed by atoms with van der Waals surface area (Å²) in [4.78, 5) is 19.0. The summed E-state index contributed by atoms with van der Waals surface area (Å²) in [5.41, 5.74) is 2.74. The second-order valence-corrected chi connectivity index (χ2v) is 7.04. The highest BCUT2D eigenvalue weighted by Crippen LogP contribution is 2.32. The SMILES string of the molecule is O=c1c2c(-c3ccccc3)csc2nc2c3ccccc3c3nnnn3n12. The van der Waals surface area contributed by atoms with Crippen molar-refractivity contribution in [3.63, 3.8) is 0 Å². The van der Waals surface area contributed by atoms with Gasteiger partial charge in [0.2, 0.25) is 5.65 Å². The van der Waals surface area contributed by atoms with Crippen LogP contribution in [-0.4, -0.2) is 29.7 Å². The Kier molecular flexibility index (Phi) is 2.78. The van der Waals surface area contributed by atoms with Crippen LogP contribution in [-0.2, 0) is 0 Å². The highest BCUT2D eigenvalue weighted by Gasteiger charge is 2.19. The third-order valence-electron chi connectivity index (χ3n) is 4.72. The first-order chi connectivity index (χ1) is 13.3. The van der Waals surface area contributed by atoms with E-state index in [4.69, 9.17) is 4.98 Å². The molecule has 0 fully saturated rings. The van der Waals surface area contributed by atoms with Gasteiger partial charge in [0, 0.05) is 21.7 Å². The van der Waals surface area contributed by atoms with Crippen LogP contribution in [0.3, 0.4) is 0 Å². The lowest BCUT2D eigenvalue weighted by Crippen LogP contribution is -2.22. The minimum absolute atomic E-state index is 0.182. The van der Waals surface area contributed by atoms with E-state index in [-0.39, 0.29) is 5.56 Å². The Balaban J connectivity index is 1.89. The van der Waals surface area contributed by atoms with Crippen LogP contribution in [0, 0.1) is 0 Å². The topological polar surface area (TPSA) is 77.4 Å². The zero-order chi connectivity index (χ0) is 18.0. The lowest BCUT2D eigenvalue weighted by molar-refractivity contribution is 0.678. The van der Waals surface area contributed by atoms with Crippen LogP contribution < -0.4 is 5.56 Å². The highest BCUT2D eigenvalue weighted by molar-refractivity contribution is 7.17. The van der Waals surface area contributed by atoms with Gasteiger partial charge in [-0.05, 0) is 16.0 Å². The summed E-state index contributed by atoms with van der Waals surface area (Å²) in [5.74, 6) is 0. The number of aromatic nitrogens is 6. The van der Waals surface area contributed by atoms with Crippen LogP contribution in [0.5, 0.6) is 0 Å². The fourth-order valence-electron chi connectivity index (χ4n) is 3.51. The predicted molar refractivity (Wildman–Crippen MR) is 104 cm³/mol. The summed E-state index contributed by atoms with van der Waals surface area (Å²) < 4.78 is 2.89. The summed E-state index contributed by atoms with van der Waals surface area (Å²) in [7, 11) is 0. The molecule has 0 saturated carbocycles. The Bertz CT molecular complexity index is 1550. The first kappa shape index (κ1) is 14.5. The van der Waals surface area contributed by atoms with E-state index in [1.807, 2.05) is 60.0 Å². The summed E-state index contributed by atoms with van der Waals surface area (Å²) in [6, 6.07) is 17.5. The van der Waals surface area contributed by atoms with Crippen molar-refractivity contribution in [2.75, 3.05) is 0 Å². The van der Waals surface area contributed by atoms with E-state index < -0.39 is 0 Å². The van der Waals surface area contributed by atoms with Gasteiger partial charge in [0.15, 0.2) is 5.65 Å². The van der Waals surface area contributed by atoms with Gasteiger partial charge in [0.1, 0.15) is 4.83 Å². The minimum Gasteiger partial charge on any atom is -0.267 e. The molecule has 7 nitrogen and oxygen atoms in total.